The van der Waals surface area contributed by atoms with Gasteiger partial charge in [0.05, 0.1) is 5.70 Å². The van der Waals surface area contributed by atoms with Crippen molar-refractivity contribution in [3.05, 3.63) is 72.2 Å². The number of nitrogens with zero attached hydrogens (tertiary/aromatic N) is 2. The lowest BCUT2D eigenvalue weighted by atomic mass is 10.1. The molecule has 0 bridgehead atoms. The second kappa shape index (κ2) is 5.75. The van der Waals surface area contributed by atoms with Crippen molar-refractivity contribution in [2.75, 3.05) is 0 Å². The Morgan fingerprint density at radius 3 is 2.81 bits per heavy atom. The predicted octanol–water partition coefficient (Wildman–Crippen LogP) is 4.43. The lowest BCUT2D eigenvalue weighted by Gasteiger charge is -2.04. The predicted molar refractivity (Wildman–Crippen MR) is 88.4 cm³/mol. The molecule has 2 aromatic heterocycles. The summed E-state index contributed by atoms with van der Waals surface area (Å²) in [5, 5.41) is 1.19. The van der Waals surface area contributed by atoms with E-state index in [1.807, 2.05) is 56.6 Å². The number of aromatic amines is 1. The fourth-order valence-corrected chi connectivity index (χ4v) is 2.39. The first-order valence-corrected chi connectivity index (χ1v) is 6.98. The number of aromatic nitrogens is 2. The van der Waals surface area contributed by atoms with Crippen LogP contribution in [0.5, 0.6) is 0 Å². The van der Waals surface area contributed by atoms with E-state index in [1.165, 1.54) is 5.39 Å². The van der Waals surface area contributed by atoms with Gasteiger partial charge in [0.15, 0.2) is 0 Å². The summed E-state index contributed by atoms with van der Waals surface area (Å²) < 4.78 is 0. The highest BCUT2D eigenvalue weighted by atomic mass is 14.8. The van der Waals surface area contributed by atoms with Crippen LogP contribution in [-0.2, 0) is 0 Å². The number of pyridine rings is 1. The molecule has 0 aliphatic heterocycles. The number of allylic oxidation sites excluding steroid dienone is 1. The molecule has 3 nitrogen and oxygen atoms in total. The monoisotopic (exact) mass is 275 g/mol. The molecule has 0 radical (unpaired) electrons. The molecule has 0 spiro atoms. The number of nitrogens with one attached hydrogen (secondary N) is 1. The first-order valence-electron chi connectivity index (χ1n) is 6.98. The first-order chi connectivity index (χ1) is 10.3. The van der Waals surface area contributed by atoms with Gasteiger partial charge in [-0.1, -0.05) is 30.3 Å². The van der Waals surface area contributed by atoms with E-state index in [0.29, 0.717) is 0 Å². The number of benzene rings is 1. The number of H-pyrrole nitrogens is 1. The van der Waals surface area contributed by atoms with Gasteiger partial charge in [0.1, 0.15) is 0 Å². The zero-order valence-corrected chi connectivity index (χ0v) is 12.2. The quantitative estimate of drug-likeness (QED) is 0.706. The van der Waals surface area contributed by atoms with E-state index >= 15 is 0 Å². The summed E-state index contributed by atoms with van der Waals surface area (Å²) in [6, 6.07) is 12.2. The molecule has 2 heterocycles. The van der Waals surface area contributed by atoms with Crippen LogP contribution < -0.4 is 0 Å². The van der Waals surface area contributed by atoms with Crippen molar-refractivity contribution < 1.29 is 0 Å². The lowest BCUT2D eigenvalue weighted by Crippen LogP contribution is -1.95. The Bertz CT molecular complexity index is 811. The van der Waals surface area contributed by atoms with Crippen LogP contribution in [0.4, 0.5) is 0 Å². The maximum absolute atomic E-state index is 4.78. The van der Waals surface area contributed by atoms with E-state index in [4.69, 9.17) is 4.99 Å². The van der Waals surface area contributed by atoms with Gasteiger partial charge in [-0.15, -0.1) is 0 Å². The second-order valence-corrected chi connectivity index (χ2v) is 4.86. The molecule has 3 rings (SSSR count). The maximum atomic E-state index is 4.78. The lowest BCUT2D eigenvalue weighted by molar-refractivity contribution is 1.31. The minimum Gasteiger partial charge on any atom is -0.360 e. The van der Waals surface area contributed by atoms with Gasteiger partial charge in [-0.2, -0.15) is 0 Å². The van der Waals surface area contributed by atoms with Crippen LogP contribution in [0.1, 0.15) is 25.0 Å². The zero-order valence-electron chi connectivity index (χ0n) is 12.2. The molecule has 0 aliphatic rings. The molecule has 1 aromatic carbocycles. The van der Waals surface area contributed by atoms with Crippen LogP contribution in [0, 0.1) is 0 Å². The van der Waals surface area contributed by atoms with Gasteiger partial charge >= 0.3 is 0 Å². The van der Waals surface area contributed by atoms with Gasteiger partial charge in [0.2, 0.25) is 0 Å². The summed E-state index contributed by atoms with van der Waals surface area (Å²) in [5.74, 6) is 0. The molecule has 3 heteroatoms. The number of para-hydroxylation sites is 1. The van der Waals surface area contributed by atoms with E-state index in [9.17, 15) is 0 Å². The summed E-state index contributed by atoms with van der Waals surface area (Å²) in [6.45, 7) is 4.02. The highest BCUT2D eigenvalue weighted by Gasteiger charge is 2.07. The normalized spacial score (nSPS) is 12.9. The van der Waals surface area contributed by atoms with E-state index in [-0.39, 0.29) is 0 Å². The Morgan fingerprint density at radius 2 is 2.05 bits per heavy atom. The van der Waals surface area contributed by atoms with Crippen molar-refractivity contribution in [3.63, 3.8) is 0 Å². The van der Waals surface area contributed by atoms with Crippen LogP contribution in [0.15, 0.2) is 66.1 Å². The zero-order chi connectivity index (χ0) is 14.7. The molecule has 0 amide bonds. The summed E-state index contributed by atoms with van der Waals surface area (Å²) in [5.41, 5.74) is 5.21. The molecule has 104 valence electrons. The molecule has 1 N–H and O–H groups in total. The summed E-state index contributed by atoms with van der Waals surface area (Å²) >= 11 is 0. The van der Waals surface area contributed by atoms with Crippen molar-refractivity contribution in [3.8, 4) is 0 Å². The third kappa shape index (κ3) is 2.63. The van der Waals surface area contributed by atoms with Crippen LogP contribution in [0.2, 0.25) is 0 Å². The second-order valence-electron chi connectivity index (χ2n) is 4.86. The summed E-state index contributed by atoms with van der Waals surface area (Å²) in [4.78, 5) is 12.2. The van der Waals surface area contributed by atoms with E-state index in [2.05, 4.69) is 22.1 Å². The summed E-state index contributed by atoms with van der Waals surface area (Å²) in [7, 11) is 0. The number of hydrogen-bond acceptors (Lipinski definition) is 2. The van der Waals surface area contributed by atoms with Gasteiger partial charge in [-0.3, -0.25) is 9.98 Å². The molecule has 21 heavy (non-hydrogen) atoms. The summed E-state index contributed by atoms with van der Waals surface area (Å²) in [6.07, 6.45) is 7.66. The molecule has 0 aliphatic carbocycles. The van der Waals surface area contributed by atoms with E-state index in [1.54, 1.807) is 6.20 Å². The minimum absolute atomic E-state index is 0.960. The van der Waals surface area contributed by atoms with Gasteiger partial charge in [0.25, 0.3) is 0 Å². The van der Waals surface area contributed by atoms with Gasteiger partial charge in [-0.25, -0.2) is 0 Å². The average Bonchev–Trinajstić information content (AvgIpc) is 2.97. The molecule has 0 saturated carbocycles. The molecule has 3 aromatic rings. The average molecular weight is 275 g/mol. The first kappa shape index (κ1) is 13.3. The largest absolute Gasteiger partial charge is 0.360 e. The fourth-order valence-electron chi connectivity index (χ4n) is 2.39. The standard InChI is InChI=1S/C18H17N3/c1-3-17(21-13(2)14-7-6-10-19-11-14)16-12-20-18-9-5-4-8-15(16)18/h3-12,20H,1-2H3/b17-3-,21-13?. The van der Waals surface area contributed by atoms with Crippen molar-refractivity contribution in [2.45, 2.75) is 13.8 Å². The van der Waals surface area contributed by atoms with Gasteiger partial charge < -0.3 is 4.98 Å². The molecular weight excluding hydrogens is 258 g/mol. The van der Waals surface area contributed by atoms with Gasteiger partial charge in [0, 0.05) is 46.3 Å². The highest BCUT2D eigenvalue weighted by Crippen LogP contribution is 2.26. The topological polar surface area (TPSA) is 41.0 Å². The van der Waals surface area contributed by atoms with Crippen LogP contribution in [-0.4, -0.2) is 15.7 Å². The van der Waals surface area contributed by atoms with Crippen molar-refractivity contribution in [2.24, 2.45) is 4.99 Å². The molecule has 0 saturated heterocycles. The van der Waals surface area contributed by atoms with Crippen LogP contribution in [0.3, 0.4) is 0 Å². The van der Waals surface area contributed by atoms with E-state index in [0.717, 1.165) is 28.1 Å². The minimum atomic E-state index is 0.960. The smallest absolute Gasteiger partial charge is 0.0684 e. The number of hydrogen-bond donors (Lipinski definition) is 1. The number of rotatable bonds is 3. The van der Waals surface area contributed by atoms with Gasteiger partial charge in [-0.05, 0) is 26.0 Å². The Labute approximate surface area is 124 Å². The Balaban J connectivity index is 2.04. The highest BCUT2D eigenvalue weighted by molar-refractivity contribution is 6.03. The van der Waals surface area contributed by atoms with Crippen LogP contribution in [0.25, 0.3) is 16.6 Å². The Morgan fingerprint density at radius 1 is 1.19 bits per heavy atom. The van der Waals surface area contributed by atoms with Crippen molar-refractivity contribution >= 4 is 22.3 Å². The number of fused-ring (bicyclic) bond motifs is 1. The van der Waals surface area contributed by atoms with E-state index < -0.39 is 0 Å². The SMILES string of the molecule is C/C=C(\N=C(C)c1cccnc1)c1c[nH]c2ccccc12. The Kier molecular flexibility index (Phi) is 3.65. The molecule has 0 unspecified atom stereocenters. The number of aliphatic imine (C=N–C) groups is 1. The Hall–Kier alpha value is -2.68. The van der Waals surface area contributed by atoms with Crippen molar-refractivity contribution in [1.82, 2.24) is 9.97 Å². The van der Waals surface area contributed by atoms with Crippen LogP contribution >= 0.6 is 0 Å². The third-order valence-electron chi connectivity index (χ3n) is 3.51. The molecule has 0 fully saturated rings. The third-order valence-corrected chi connectivity index (χ3v) is 3.51. The maximum Gasteiger partial charge on any atom is 0.0684 e. The molecular formula is C18H17N3. The fraction of sp³-hybridized carbons (Fsp3) is 0.111. The van der Waals surface area contributed by atoms with Crippen molar-refractivity contribution in [1.29, 1.82) is 0 Å². The molecule has 0 atom stereocenters.